The maximum atomic E-state index is 12.7. The molecule has 0 bridgehead atoms. The molecule has 0 aliphatic heterocycles. The van der Waals surface area contributed by atoms with Gasteiger partial charge in [0.05, 0.1) is 15.6 Å². The van der Waals surface area contributed by atoms with Gasteiger partial charge in [-0.05, 0) is 54.5 Å². The molecule has 2 N–H and O–H groups in total. The van der Waals surface area contributed by atoms with Crippen LogP contribution >= 0.6 is 23.2 Å². The Hall–Kier alpha value is -2.56. The maximum Gasteiger partial charge on any atom is 0.253 e. The van der Waals surface area contributed by atoms with E-state index >= 15 is 0 Å². The van der Waals surface area contributed by atoms with Crippen molar-refractivity contribution >= 4 is 51.5 Å². The summed E-state index contributed by atoms with van der Waals surface area (Å²) in [6, 6.07) is 14.2. The average molecular weight is 413 g/mol. The second-order valence-electron chi connectivity index (χ2n) is 6.90. The van der Waals surface area contributed by atoms with Crippen LogP contribution in [0.2, 0.25) is 10.0 Å². The minimum absolute atomic E-state index is 0.168. The highest BCUT2D eigenvalue weighted by Gasteiger charge is 2.21. The Balaban J connectivity index is 1.52. The fraction of sp³-hybridized carbons (Fsp3) is 0.182. The first-order valence-electron chi connectivity index (χ1n) is 9.05. The molecular formula is C22H18Cl2N2O2. The van der Waals surface area contributed by atoms with Gasteiger partial charge < -0.3 is 10.6 Å². The summed E-state index contributed by atoms with van der Waals surface area (Å²) in [7, 11) is 0. The normalized spacial score (nSPS) is 13.4. The molecule has 0 aromatic heterocycles. The third-order valence-electron chi connectivity index (χ3n) is 5.07. The van der Waals surface area contributed by atoms with Crippen molar-refractivity contribution in [2.24, 2.45) is 0 Å². The lowest BCUT2D eigenvalue weighted by Gasteiger charge is -2.16. The van der Waals surface area contributed by atoms with Crippen LogP contribution < -0.4 is 10.6 Å². The fourth-order valence-corrected chi connectivity index (χ4v) is 4.00. The van der Waals surface area contributed by atoms with E-state index in [2.05, 4.69) is 22.8 Å². The van der Waals surface area contributed by atoms with E-state index in [0.29, 0.717) is 5.02 Å². The van der Waals surface area contributed by atoms with Crippen molar-refractivity contribution in [3.63, 3.8) is 0 Å². The SMILES string of the molecule is CC(NC(=O)c1cccc(Cl)c1Cl)C(=O)Nc1ccc2c3c(cccc13)CC2. The number of aryl methyl sites for hydroxylation is 2. The first-order chi connectivity index (χ1) is 13.5. The van der Waals surface area contributed by atoms with Crippen LogP contribution in [-0.4, -0.2) is 17.9 Å². The van der Waals surface area contributed by atoms with Gasteiger partial charge in [0.15, 0.2) is 0 Å². The molecule has 3 aromatic carbocycles. The molecule has 0 heterocycles. The predicted octanol–water partition coefficient (Wildman–Crippen LogP) is 5.00. The smallest absolute Gasteiger partial charge is 0.253 e. The summed E-state index contributed by atoms with van der Waals surface area (Å²) in [5.41, 5.74) is 3.59. The van der Waals surface area contributed by atoms with E-state index in [9.17, 15) is 9.59 Å². The molecule has 4 nitrogen and oxygen atoms in total. The van der Waals surface area contributed by atoms with Gasteiger partial charge in [-0.1, -0.05) is 53.5 Å². The zero-order chi connectivity index (χ0) is 19.8. The van der Waals surface area contributed by atoms with Gasteiger partial charge in [0.25, 0.3) is 5.91 Å². The van der Waals surface area contributed by atoms with Gasteiger partial charge in [0.1, 0.15) is 6.04 Å². The summed E-state index contributed by atoms with van der Waals surface area (Å²) in [5, 5.41) is 8.32. The summed E-state index contributed by atoms with van der Waals surface area (Å²) in [4.78, 5) is 25.1. The van der Waals surface area contributed by atoms with Crippen LogP contribution in [-0.2, 0) is 17.6 Å². The van der Waals surface area contributed by atoms with Crippen molar-refractivity contribution in [3.05, 3.63) is 75.3 Å². The van der Waals surface area contributed by atoms with Crippen molar-refractivity contribution in [1.82, 2.24) is 5.32 Å². The average Bonchev–Trinajstić information content (AvgIpc) is 3.10. The van der Waals surface area contributed by atoms with E-state index in [-0.39, 0.29) is 16.5 Å². The topological polar surface area (TPSA) is 58.2 Å². The Morgan fingerprint density at radius 1 is 0.964 bits per heavy atom. The lowest BCUT2D eigenvalue weighted by atomic mass is 10.0. The molecule has 6 heteroatoms. The van der Waals surface area contributed by atoms with Gasteiger partial charge in [-0.15, -0.1) is 0 Å². The highest BCUT2D eigenvalue weighted by atomic mass is 35.5. The van der Waals surface area contributed by atoms with Crippen molar-refractivity contribution in [2.45, 2.75) is 25.8 Å². The van der Waals surface area contributed by atoms with Crippen molar-refractivity contribution < 1.29 is 9.59 Å². The van der Waals surface area contributed by atoms with Gasteiger partial charge in [0.2, 0.25) is 5.91 Å². The molecule has 1 aliphatic rings. The Labute approximate surface area is 172 Å². The van der Waals surface area contributed by atoms with Gasteiger partial charge >= 0.3 is 0 Å². The monoisotopic (exact) mass is 412 g/mol. The first-order valence-corrected chi connectivity index (χ1v) is 9.80. The van der Waals surface area contributed by atoms with Crippen LogP contribution in [0.25, 0.3) is 10.8 Å². The van der Waals surface area contributed by atoms with Crippen LogP contribution in [0.15, 0.2) is 48.5 Å². The first kappa shape index (κ1) is 18.8. The van der Waals surface area contributed by atoms with Crippen molar-refractivity contribution in [2.75, 3.05) is 5.32 Å². The lowest BCUT2D eigenvalue weighted by molar-refractivity contribution is -0.117. The molecule has 1 unspecified atom stereocenters. The van der Waals surface area contributed by atoms with Crippen LogP contribution in [0.5, 0.6) is 0 Å². The quantitative estimate of drug-likeness (QED) is 0.632. The number of nitrogens with one attached hydrogen (secondary N) is 2. The Morgan fingerprint density at radius 3 is 2.46 bits per heavy atom. The molecule has 0 saturated carbocycles. The van der Waals surface area contributed by atoms with E-state index in [4.69, 9.17) is 23.2 Å². The molecule has 142 valence electrons. The van der Waals surface area contributed by atoms with Crippen molar-refractivity contribution in [1.29, 1.82) is 0 Å². The minimum atomic E-state index is -0.745. The van der Waals surface area contributed by atoms with Crippen LogP contribution in [0.3, 0.4) is 0 Å². The summed E-state index contributed by atoms with van der Waals surface area (Å²) in [5.74, 6) is -0.749. The second-order valence-corrected chi connectivity index (χ2v) is 7.68. The molecule has 1 atom stereocenters. The summed E-state index contributed by atoms with van der Waals surface area (Å²) < 4.78 is 0. The molecule has 0 radical (unpaired) electrons. The van der Waals surface area contributed by atoms with E-state index < -0.39 is 11.9 Å². The third kappa shape index (κ3) is 3.34. The summed E-state index contributed by atoms with van der Waals surface area (Å²) in [6.07, 6.45) is 2.05. The molecule has 0 spiro atoms. The largest absolute Gasteiger partial charge is 0.340 e. The Morgan fingerprint density at radius 2 is 1.68 bits per heavy atom. The van der Waals surface area contributed by atoms with Crippen molar-refractivity contribution in [3.8, 4) is 0 Å². The number of benzene rings is 3. The molecule has 3 aromatic rings. The number of hydrogen-bond donors (Lipinski definition) is 2. The molecule has 0 fully saturated rings. The van der Waals surface area contributed by atoms with Crippen LogP contribution in [0, 0.1) is 0 Å². The standard InChI is InChI=1S/C22H18Cl2N2O2/c1-12(25-22(28)16-6-3-7-17(23)20(16)24)21(27)26-18-11-10-14-9-8-13-4-2-5-15(18)19(13)14/h2-7,10-12H,8-9H2,1H3,(H,25,28)(H,26,27). The number of amides is 2. The van der Waals surface area contributed by atoms with Gasteiger partial charge in [0, 0.05) is 11.1 Å². The van der Waals surface area contributed by atoms with E-state index in [1.54, 1.807) is 25.1 Å². The highest BCUT2D eigenvalue weighted by molar-refractivity contribution is 6.43. The zero-order valence-corrected chi connectivity index (χ0v) is 16.7. The fourth-order valence-electron chi connectivity index (χ4n) is 3.62. The highest BCUT2D eigenvalue weighted by Crippen LogP contribution is 2.35. The summed E-state index contributed by atoms with van der Waals surface area (Å²) >= 11 is 12.0. The number of rotatable bonds is 4. The number of carbonyl (C=O) groups is 2. The molecule has 28 heavy (non-hydrogen) atoms. The number of hydrogen-bond acceptors (Lipinski definition) is 2. The van der Waals surface area contributed by atoms with E-state index in [1.165, 1.54) is 16.5 Å². The number of anilines is 1. The summed E-state index contributed by atoms with van der Waals surface area (Å²) in [6.45, 7) is 1.63. The molecule has 0 saturated heterocycles. The predicted molar refractivity (Wildman–Crippen MR) is 113 cm³/mol. The molecule has 2 amide bonds. The van der Waals surface area contributed by atoms with Gasteiger partial charge in [-0.25, -0.2) is 0 Å². The molecule has 4 rings (SSSR count). The zero-order valence-electron chi connectivity index (χ0n) is 15.2. The minimum Gasteiger partial charge on any atom is -0.340 e. The van der Waals surface area contributed by atoms with E-state index in [0.717, 1.165) is 23.9 Å². The second kappa shape index (κ2) is 7.46. The third-order valence-corrected chi connectivity index (χ3v) is 5.89. The van der Waals surface area contributed by atoms with E-state index in [1.807, 2.05) is 18.2 Å². The van der Waals surface area contributed by atoms with Crippen LogP contribution in [0.1, 0.15) is 28.4 Å². The maximum absolute atomic E-state index is 12.7. The lowest BCUT2D eigenvalue weighted by Crippen LogP contribution is -2.41. The Bertz CT molecular complexity index is 1100. The van der Waals surface area contributed by atoms with Gasteiger partial charge in [-0.3, -0.25) is 9.59 Å². The number of carbonyl (C=O) groups excluding carboxylic acids is 2. The number of halogens is 2. The van der Waals surface area contributed by atoms with Crippen LogP contribution in [0.4, 0.5) is 5.69 Å². The van der Waals surface area contributed by atoms with Gasteiger partial charge in [-0.2, -0.15) is 0 Å². The molecule has 1 aliphatic carbocycles. The molecular weight excluding hydrogens is 395 g/mol. The Kier molecular flexibility index (Phi) is 5.00.